The SMILES string of the molecule is CCCCOS(=O)OC(C(C(=O)c1ccccc1)c1ccccc1)C(Cl)(Cl)Cl. The zero-order valence-electron chi connectivity index (χ0n) is 15.2. The maximum atomic E-state index is 13.3. The third-order valence-electron chi connectivity index (χ3n) is 3.98. The Bertz CT molecular complexity index is 766. The second-order valence-corrected chi connectivity index (χ2v) is 9.26. The van der Waals surface area contributed by atoms with Gasteiger partial charge in [0.05, 0.1) is 12.5 Å². The Morgan fingerprint density at radius 2 is 1.61 bits per heavy atom. The fourth-order valence-electron chi connectivity index (χ4n) is 2.59. The van der Waals surface area contributed by atoms with E-state index in [0.29, 0.717) is 17.5 Å². The first-order valence-corrected chi connectivity index (χ1v) is 10.9. The van der Waals surface area contributed by atoms with Crippen LogP contribution in [-0.4, -0.2) is 26.5 Å². The van der Waals surface area contributed by atoms with Crippen molar-refractivity contribution in [2.75, 3.05) is 6.61 Å². The second-order valence-electron chi connectivity index (χ2n) is 6.06. The molecule has 0 spiro atoms. The van der Waals surface area contributed by atoms with Crippen LogP contribution in [-0.2, 0) is 19.7 Å². The number of rotatable bonds is 10. The van der Waals surface area contributed by atoms with E-state index in [4.69, 9.17) is 43.2 Å². The smallest absolute Gasteiger partial charge is 0.293 e. The highest BCUT2D eigenvalue weighted by molar-refractivity contribution is 7.75. The van der Waals surface area contributed by atoms with Crippen LogP contribution in [0.3, 0.4) is 0 Å². The zero-order valence-corrected chi connectivity index (χ0v) is 18.3. The molecular weight excluding hydrogens is 443 g/mol. The number of hydrogen-bond acceptors (Lipinski definition) is 4. The second kappa shape index (κ2) is 11.3. The Labute approximate surface area is 182 Å². The lowest BCUT2D eigenvalue weighted by Crippen LogP contribution is -2.39. The molecule has 0 heterocycles. The first kappa shape index (κ1) is 23.3. The summed E-state index contributed by atoms with van der Waals surface area (Å²) in [5.41, 5.74) is 1.01. The lowest BCUT2D eigenvalue weighted by molar-refractivity contribution is 0.0850. The van der Waals surface area contributed by atoms with E-state index < -0.39 is 27.2 Å². The van der Waals surface area contributed by atoms with Gasteiger partial charge in [0.2, 0.25) is 3.79 Å². The van der Waals surface area contributed by atoms with Gasteiger partial charge in [0.1, 0.15) is 6.10 Å². The largest absolute Gasteiger partial charge is 0.305 e. The molecular formula is C20H21Cl3O4S. The fourth-order valence-corrected chi connectivity index (χ4v) is 3.99. The molecule has 152 valence electrons. The monoisotopic (exact) mass is 462 g/mol. The molecule has 0 aromatic heterocycles. The van der Waals surface area contributed by atoms with Crippen molar-refractivity contribution in [1.29, 1.82) is 0 Å². The average molecular weight is 464 g/mol. The van der Waals surface area contributed by atoms with Crippen LogP contribution in [0.4, 0.5) is 0 Å². The highest BCUT2D eigenvalue weighted by Gasteiger charge is 2.45. The molecule has 2 aromatic rings. The van der Waals surface area contributed by atoms with Crippen LogP contribution in [0.5, 0.6) is 0 Å². The van der Waals surface area contributed by atoms with Crippen LogP contribution in [0.2, 0.25) is 0 Å². The van der Waals surface area contributed by atoms with Gasteiger partial charge in [-0.1, -0.05) is 109 Å². The quantitative estimate of drug-likeness (QED) is 0.254. The lowest BCUT2D eigenvalue weighted by atomic mass is 9.86. The number of unbranched alkanes of at least 4 members (excludes halogenated alkanes) is 1. The summed E-state index contributed by atoms with van der Waals surface area (Å²) in [5.74, 6) is -1.30. The van der Waals surface area contributed by atoms with Crippen molar-refractivity contribution in [2.45, 2.75) is 35.6 Å². The molecule has 0 bridgehead atoms. The van der Waals surface area contributed by atoms with Crippen molar-refractivity contribution in [2.24, 2.45) is 0 Å². The van der Waals surface area contributed by atoms with Crippen LogP contribution in [0.1, 0.15) is 41.6 Å². The molecule has 0 fully saturated rings. The molecule has 8 heteroatoms. The third-order valence-corrected chi connectivity index (χ3v) is 5.35. The van der Waals surface area contributed by atoms with Gasteiger partial charge < -0.3 is 0 Å². The van der Waals surface area contributed by atoms with E-state index in [9.17, 15) is 9.00 Å². The summed E-state index contributed by atoms with van der Waals surface area (Å²) in [6.45, 7) is 2.21. The first-order chi connectivity index (χ1) is 13.3. The molecule has 4 nitrogen and oxygen atoms in total. The Morgan fingerprint density at radius 3 is 2.14 bits per heavy atom. The highest BCUT2D eigenvalue weighted by atomic mass is 35.6. The normalized spacial score (nSPS) is 15.0. The number of benzene rings is 2. The number of alkyl halides is 3. The fraction of sp³-hybridized carbons (Fsp3) is 0.350. The summed E-state index contributed by atoms with van der Waals surface area (Å²) in [7, 11) is 0. The van der Waals surface area contributed by atoms with Gasteiger partial charge in [-0.2, -0.15) is 4.21 Å². The first-order valence-electron chi connectivity index (χ1n) is 8.77. The van der Waals surface area contributed by atoms with Gasteiger partial charge in [-0.3, -0.25) is 13.2 Å². The maximum Gasteiger partial charge on any atom is 0.305 e. The van der Waals surface area contributed by atoms with Crippen molar-refractivity contribution in [3.8, 4) is 0 Å². The average Bonchev–Trinajstić information content (AvgIpc) is 2.68. The van der Waals surface area contributed by atoms with Gasteiger partial charge in [-0.15, -0.1) is 0 Å². The molecule has 2 aromatic carbocycles. The molecule has 0 aliphatic rings. The van der Waals surface area contributed by atoms with Gasteiger partial charge in [0.15, 0.2) is 5.78 Å². The van der Waals surface area contributed by atoms with Crippen LogP contribution < -0.4 is 0 Å². The van der Waals surface area contributed by atoms with Crippen LogP contribution >= 0.6 is 34.8 Å². The minimum atomic E-state index is -2.17. The summed E-state index contributed by atoms with van der Waals surface area (Å²) in [4.78, 5) is 13.3. The summed E-state index contributed by atoms with van der Waals surface area (Å²) in [6.07, 6.45) is 0.248. The predicted octanol–water partition coefficient (Wildman–Crippen LogP) is 5.80. The molecule has 0 aliphatic heterocycles. The van der Waals surface area contributed by atoms with Crippen LogP contribution in [0, 0.1) is 0 Å². The molecule has 0 saturated heterocycles. The van der Waals surface area contributed by atoms with Crippen molar-refractivity contribution >= 4 is 51.9 Å². The van der Waals surface area contributed by atoms with E-state index in [1.54, 1.807) is 54.6 Å². The Kier molecular flexibility index (Phi) is 9.41. The molecule has 3 atom stereocenters. The van der Waals surface area contributed by atoms with Gasteiger partial charge in [-0.25, -0.2) is 0 Å². The van der Waals surface area contributed by atoms with E-state index in [1.165, 1.54) is 0 Å². The number of carbonyl (C=O) groups excluding carboxylic acids is 1. The van der Waals surface area contributed by atoms with Gasteiger partial charge in [-0.05, 0) is 12.0 Å². The number of halogens is 3. The summed E-state index contributed by atoms with van der Waals surface area (Å²) >= 11 is 16.3. The third kappa shape index (κ3) is 6.83. The molecule has 0 amide bonds. The standard InChI is InChI=1S/C20H21Cl3O4S/c1-2-3-14-26-28(25)27-19(20(21,22)23)17(15-10-6-4-7-11-15)18(24)16-12-8-5-9-13-16/h4-13,17,19H,2-3,14H2,1H3. The van der Waals surface area contributed by atoms with E-state index in [0.717, 1.165) is 6.42 Å². The van der Waals surface area contributed by atoms with Gasteiger partial charge in [0, 0.05) is 5.56 Å². The number of Topliss-reactive ketones (excluding diaryl/α,β-unsaturated/α-hetero) is 1. The molecule has 0 saturated carbocycles. The Balaban J connectivity index is 2.39. The lowest BCUT2D eigenvalue weighted by Gasteiger charge is -2.30. The highest BCUT2D eigenvalue weighted by Crippen LogP contribution is 2.42. The molecule has 0 aliphatic carbocycles. The number of hydrogen-bond donors (Lipinski definition) is 0. The maximum absolute atomic E-state index is 13.3. The van der Waals surface area contributed by atoms with E-state index >= 15 is 0 Å². The van der Waals surface area contributed by atoms with Crippen LogP contribution in [0.25, 0.3) is 0 Å². The molecule has 3 unspecified atom stereocenters. The summed E-state index contributed by atoms with van der Waals surface area (Å²) < 4.78 is 20.8. The predicted molar refractivity (Wildman–Crippen MR) is 114 cm³/mol. The minimum Gasteiger partial charge on any atom is -0.293 e. The molecule has 0 N–H and O–H groups in total. The summed E-state index contributed by atoms with van der Waals surface area (Å²) in [5, 5.41) is 0. The molecule has 2 rings (SSSR count). The minimum absolute atomic E-state index is 0.234. The van der Waals surface area contributed by atoms with E-state index in [-0.39, 0.29) is 12.4 Å². The van der Waals surface area contributed by atoms with Gasteiger partial charge >= 0.3 is 11.4 Å². The van der Waals surface area contributed by atoms with E-state index in [2.05, 4.69) is 0 Å². The van der Waals surface area contributed by atoms with Crippen LogP contribution in [0.15, 0.2) is 60.7 Å². The summed E-state index contributed by atoms with van der Waals surface area (Å²) in [6, 6.07) is 17.4. The Morgan fingerprint density at radius 1 is 1.04 bits per heavy atom. The van der Waals surface area contributed by atoms with Gasteiger partial charge in [0.25, 0.3) is 0 Å². The zero-order chi connectivity index (χ0) is 20.6. The van der Waals surface area contributed by atoms with E-state index in [1.807, 2.05) is 13.0 Å². The van der Waals surface area contributed by atoms with Crippen molar-refractivity contribution < 1.29 is 17.4 Å². The van der Waals surface area contributed by atoms with Crippen molar-refractivity contribution in [3.05, 3.63) is 71.8 Å². The molecule has 28 heavy (non-hydrogen) atoms. The topological polar surface area (TPSA) is 52.6 Å². The Hall–Kier alpha value is -0.950. The molecule has 0 radical (unpaired) electrons. The van der Waals surface area contributed by atoms with Crippen molar-refractivity contribution in [3.63, 3.8) is 0 Å². The number of carbonyl (C=O) groups is 1. The number of ketones is 1. The van der Waals surface area contributed by atoms with Crippen molar-refractivity contribution in [1.82, 2.24) is 0 Å².